The maximum Gasteiger partial charge on any atom is 0.253 e. The first-order valence-electron chi connectivity index (χ1n) is 9.54. The van der Waals surface area contributed by atoms with Gasteiger partial charge >= 0.3 is 0 Å². The lowest BCUT2D eigenvalue weighted by Gasteiger charge is -2.31. The molecule has 1 amide bonds. The molecule has 0 saturated carbocycles. The van der Waals surface area contributed by atoms with Gasteiger partial charge in [-0.1, -0.05) is 6.07 Å². The van der Waals surface area contributed by atoms with Crippen molar-refractivity contribution in [3.05, 3.63) is 41.5 Å². The highest BCUT2D eigenvalue weighted by Crippen LogP contribution is 2.28. The number of ether oxygens (including phenoxy) is 1. The van der Waals surface area contributed by atoms with Crippen LogP contribution in [0.5, 0.6) is 5.75 Å². The molecule has 1 aromatic heterocycles. The molecule has 146 valence electrons. The number of benzene rings is 1. The molecule has 0 radical (unpaired) electrons. The van der Waals surface area contributed by atoms with Gasteiger partial charge in [-0.3, -0.25) is 4.79 Å². The van der Waals surface area contributed by atoms with Crippen LogP contribution in [0, 0.1) is 0 Å². The Morgan fingerprint density at radius 2 is 2.00 bits per heavy atom. The predicted octanol–water partition coefficient (Wildman–Crippen LogP) is 2.30. The van der Waals surface area contributed by atoms with Crippen LogP contribution in [0.25, 0.3) is 0 Å². The Kier molecular flexibility index (Phi) is 6.11. The van der Waals surface area contributed by atoms with Crippen LogP contribution in [0.4, 0.5) is 0 Å². The Morgan fingerprint density at radius 1 is 1.26 bits per heavy atom. The van der Waals surface area contributed by atoms with E-state index in [-0.39, 0.29) is 5.91 Å². The second kappa shape index (κ2) is 8.52. The summed E-state index contributed by atoms with van der Waals surface area (Å²) in [5, 5.41) is 8.76. The molecular weight excluding hydrogens is 342 g/mol. The van der Waals surface area contributed by atoms with Crippen molar-refractivity contribution in [2.75, 3.05) is 33.8 Å². The number of hydrogen-bond donors (Lipinski definition) is 0. The van der Waals surface area contributed by atoms with Crippen LogP contribution in [0.3, 0.4) is 0 Å². The van der Waals surface area contributed by atoms with Crippen LogP contribution in [-0.4, -0.2) is 64.3 Å². The molecule has 2 aromatic rings. The Morgan fingerprint density at radius 3 is 2.67 bits per heavy atom. The molecule has 0 spiro atoms. The lowest BCUT2D eigenvalue weighted by molar-refractivity contribution is 0.0710. The molecule has 0 aliphatic carbocycles. The minimum absolute atomic E-state index is 0.0706. The molecule has 3 rings (SSSR count). The van der Waals surface area contributed by atoms with Crippen molar-refractivity contribution < 1.29 is 9.53 Å². The van der Waals surface area contributed by atoms with Crippen molar-refractivity contribution in [1.82, 2.24) is 24.6 Å². The van der Waals surface area contributed by atoms with Gasteiger partial charge in [-0.25, -0.2) is 0 Å². The zero-order valence-corrected chi connectivity index (χ0v) is 16.7. The van der Waals surface area contributed by atoms with Crippen molar-refractivity contribution in [3.8, 4) is 5.75 Å². The van der Waals surface area contributed by atoms with Crippen molar-refractivity contribution in [2.45, 2.75) is 32.2 Å². The summed E-state index contributed by atoms with van der Waals surface area (Å²) in [6, 6.07) is 7.43. The van der Waals surface area contributed by atoms with Gasteiger partial charge < -0.3 is 19.1 Å². The van der Waals surface area contributed by atoms with Crippen LogP contribution in [0.1, 0.15) is 47.7 Å². The number of amides is 1. The van der Waals surface area contributed by atoms with Crippen molar-refractivity contribution in [3.63, 3.8) is 0 Å². The Labute approximate surface area is 160 Å². The standard InChI is InChI=1S/C20H29N5O2/c1-5-27-17-8-6-7-16(13-17)20(26)25-11-9-15(10-12-25)19-22-21-18(24(19)4)14-23(2)3/h6-8,13,15H,5,9-12,14H2,1-4H3. The number of rotatable bonds is 6. The van der Waals surface area contributed by atoms with Crippen LogP contribution < -0.4 is 4.74 Å². The molecule has 1 aliphatic rings. The molecule has 7 heteroatoms. The maximum absolute atomic E-state index is 12.8. The van der Waals surface area contributed by atoms with Crippen LogP contribution in [-0.2, 0) is 13.6 Å². The largest absolute Gasteiger partial charge is 0.494 e. The minimum atomic E-state index is 0.0706. The summed E-state index contributed by atoms with van der Waals surface area (Å²) in [7, 11) is 6.09. The number of hydrogen-bond acceptors (Lipinski definition) is 5. The van der Waals surface area contributed by atoms with Gasteiger partial charge in [0.2, 0.25) is 0 Å². The summed E-state index contributed by atoms with van der Waals surface area (Å²) < 4.78 is 7.61. The fourth-order valence-electron chi connectivity index (χ4n) is 3.56. The fraction of sp³-hybridized carbons (Fsp3) is 0.550. The van der Waals surface area contributed by atoms with Crippen molar-refractivity contribution >= 4 is 5.91 Å². The quantitative estimate of drug-likeness (QED) is 0.780. The maximum atomic E-state index is 12.8. The zero-order valence-electron chi connectivity index (χ0n) is 16.7. The van der Waals surface area contributed by atoms with Crippen molar-refractivity contribution in [2.24, 2.45) is 7.05 Å². The third-order valence-electron chi connectivity index (χ3n) is 5.00. The summed E-state index contributed by atoms with van der Waals surface area (Å²) in [6.07, 6.45) is 1.82. The molecule has 0 unspecified atom stereocenters. The third-order valence-corrected chi connectivity index (χ3v) is 5.00. The number of carbonyl (C=O) groups excluding carboxylic acids is 1. The predicted molar refractivity (Wildman–Crippen MR) is 104 cm³/mol. The van der Waals surface area contributed by atoms with E-state index in [1.54, 1.807) is 0 Å². The van der Waals surface area contributed by atoms with Gasteiger partial charge in [0.05, 0.1) is 13.2 Å². The van der Waals surface area contributed by atoms with E-state index in [1.165, 1.54) is 0 Å². The molecule has 0 atom stereocenters. The molecular formula is C20H29N5O2. The highest BCUT2D eigenvalue weighted by atomic mass is 16.5. The first-order valence-corrected chi connectivity index (χ1v) is 9.54. The van der Waals surface area contributed by atoms with E-state index in [1.807, 2.05) is 57.2 Å². The molecule has 1 aliphatic heterocycles. The second-order valence-corrected chi connectivity index (χ2v) is 7.30. The summed E-state index contributed by atoms with van der Waals surface area (Å²) in [5.41, 5.74) is 0.686. The smallest absolute Gasteiger partial charge is 0.253 e. The number of nitrogens with zero attached hydrogens (tertiary/aromatic N) is 5. The summed E-state index contributed by atoms with van der Waals surface area (Å²) in [6.45, 7) is 4.78. The van der Waals surface area contributed by atoms with Gasteiger partial charge in [0.25, 0.3) is 5.91 Å². The highest BCUT2D eigenvalue weighted by Gasteiger charge is 2.28. The first-order chi connectivity index (χ1) is 13.0. The lowest BCUT2D eigenvalue weighted by Crippen LogP contribution is -2.38. The van der Waals surface area contributed by atoms with Crippen LogP contribution in [0.2, 0.25) is 0 Å². The number of piperidine rings is 1. The lowest BCUT2D eigenvalue weighted by atomic mass is 9.95. The Hall–Kier alpha value is -2.41. The third kappa shape index (κ3) is 4.47. The minimum Gasteiger partial charge on any atom is -0.494 e. The van der Waals surface area contributed by atoms with E-state index in [0.717, 1.165) is 49.9 Å². The first kappa shape index (κ1) is 19.4. The van der Waals surface area contributed by atoms with Gasteiger partial charge in [0.15, 0.2) is 0 Å². The average molecular weight is 371 g/mol. The molecule has 0 N–H and O–H groups in total. The van der Waals surface area contributed by atoms with Gasteiger partial charge in [-0.2, -0.15) is 0 Å². The van der Waals surface area contributed by atoms with Crippen LogP contribution >= 0.6 is 0 Å². The van der Waals surface area contributed by atoms with Crippen LogP contribution in [0.15, 0.2) is 24.3 Å². The van der Waals surface area contributed by atoms with E-state index >= 15 is 0 Å². The van der Waals surface area contributed by atoms with Gasteiger partial charge in [-0.15, -0.1) is 10.2 Å². The molecule has 0 bridgehead atoms. The molecule has 1 saturated heterocycles. The molecule has 27 heavy (non-hydrogen) atoms. The molecule has 1 fully saturated rings. The van der Waals surface area contributed by atoms with E-state index in [9.17, 15) is 4.79 Å². The van der Waals surface area contributed by atoms with E-state index < -0.39 is 0 Å². The topological polar surface area (TPSA) is 63.5 Å². The van der Waals surface area contributed by atoms with Gasteiger partial charge in [-0.05, 0) is 52.1 Å². The van der Waals surface area contributed by atoms with E-state index in [4.69, 9.17) is 4.74 Å². The zero-order chi connectivity index (χ0) is 19.4. The second-order valence-electron chi connectivity index (χ2n) is 7.30. The van der Waals surface area contributed by atoms with E-state index in [2.05, 4.69) is 19.7 Å². The molecule has 7 nitrogen and oxygen atoms in total. The monoisotopic (exact) mass is 371 g/mol. The highest BCUT2D eigenvalue weighted by molar-refractivity contribution is 5.94. The van der Waals surface area contributed by atoms with Gasteiger partial charge in [0, 0.05) is 31.6 Å². The summed E-state index contributed by atoms with van der Waals surface area (Å²) in [5.74, 6) is 3.16. The molecule has 2 heterocycles. The fourth-order valence-corrected chi connectivity index (χ4v) is 3.56. The Bertz CT molecular complexity index is 778. The summed E-state index contributed by atoms with van der Waals surface area (Å²) in [4.78, 5) is 16.8. The Balaban J connectivity index is 1.63. The normalized spacial score (nSPS) is 15.4. The summed E-state index contributed by atoms with van der Waals surface area (Å²) >= 11 is 0. The molecule has 1 aromatic carbocycles. The van der Waals surface area contributed by atoms with Crippen molar-refractivity contribution in [1.29, 1.82) is 0 Å². The SMILES string of the molecule is CCOc1cccc(C(=O)N2CCC(c3nnc(CN(C)C)n3C)CC2)c1. The number of carbonyl (C=O) groups is 1. The number of aromatic nitrogens is 3. The number of likely N-dealkylation sites (tertiary alicyclic amines) is 1. The average Bonchev–Trinajstić information content (AvgIpc) is 3.02. The van der Waals surface area contributed by atoms with Gasteiger partial charge in [0.1, 0.15) is 17.4 Å². The van der Waals surface area contributed by atoms with E-state index in [0.29, 0.717) is 18.1 Å².